The summed E-state index contributed by atoms with van der Waals surface area (Å²) in [4.78, 5) is 15.3. The van der Waals surface area contributed by atoms with E-state index in [2.05, 4.69) is 4.98 Å². The average molecular weight is 209 g/mol. The van der Waals surface area contributed by atoms with Gasteiger partial charge < -0.3 is 0 Å². The summed E-state index contributed by atoms with van der Waals surface area (Å²) >= 11 is 0. The first-order valence-electron chi connectivity index (χ1n) is 5.31. The maximum Gasteiger partial charge on any atom is 0.166 e. The molecule has 1 rings (SSSR count). The molecule has 0 fully saturated rings. The molecule has 0 N–H and O–H groups in total. The number of halogens is 1. The van der Waals surface area contributed by atoms with Crippen LogP contribution in [0.3, 0.4) is 0 Å². The second kappa shape index (κ2) is 5.59. The van der Waals surface area contributed by atoms with E-state index in [1.54, 1.807) is 0 Å². The average Bonchev–Trinajstić information content (AvgIpc) is 2.26. The van der Waals surface area contributed by atoms with Gasteiger partial charge in [-0.1, -0.05) is 26.7 Å². The lowest BCUT2D eigenvalue weighted by Crippen LogP contribution is -2.09. The number of rotatable bonds is 5. The van der Waals surface area contributed by atoms with E-state index < -0.39 is 5.82 Å². The predicted molar refractivity (Wildman–Crippen MR) is 57.2 cm³/mol. The molecule has 15 heavy (non-hydrogen) atoms. The van der Waals surface area contributed by atoms with Crippen molar-refractivity contribution in [1.29, 1.82) is 0 Å². The summed E-state index contributed by atoms with van der Waals surface area (Å²) in [7, 11) is 0. The maximum atomic E-state index is 13.2. The van der Waals surface area contributed by atoms with Crippen LogP contribution in [0.5, 0.6) is 0 Å². The normalized spacial score (nSPS) is 10.7. The van der Waals surface area contributed by atoms with E-state index in [9.17, 15) is 9.18 Å². The Morgan fingerprint density at radius 2 is 2.13 bits per heavy atom. The zero-order valence-corrected chi connectivity index (χ0v) is 9.16. The molecule has 0 aliphatic heterocycles. The molecule has 0 spiro atoms. The van der Waals surface area contributed by atoms with Crippen LogP contribution in [0.15, 0.2) is 18.5 Å². The molecule has 0 aromatic carbocycles. The van der Waals surface area contributed by atoms with E-state index in [1.807, 2.05) is 13.8 Å². The van der Waals surface area contributed by atoms with Gasteiger partial charge in [0.05, 0.1) is 11.8 Å². The van der Waals surface area contributed by atoms with Gasteiger partial charge >= 0.3 is 0 Å². The Hall–Kier alpha value is -1.25. The fourth-order valence-electron chi connectivity index (χ4n) is 1.55. The molecular formula is C12H16FNO. The first-order chi connectivity index (χ1) is 7.19. The molecule has 0 atom stereocenters. The summed E-state index contributed by atoms with van der Waals surface area (Å²) in [5.74, 6) is -0.290. The van der Waals surface area contributed by atoms with Gasteiger partial charge in [-0.2, -0.15) is 0 Å². The Kier molecular flexibility index (Phi) is 4.40. The van der Waals surface area contributed by atoms with Crippen molar-refractivity contribution in [2.45, 2.75) is 33.1 Å². The van der Waals surface area contributed by atoms with E-state index in [4.69, 9.17) is 0 Å². The van der Waals surface area contributed by atoms with E-state index >= 15 is 0 Å². The number of hydrogen-bond acceptors (Lipinski definition) is 2. The van der Waals surface area contributed by atoms with E-state index in [0.717, 1.165) is 19.0 Å². The van der Waals surface area contributed by atoms with Crippen LogP contribution in [-0.4, -0.2) is 10.8 Å². The molecule has 0 aliphatic rings. The predicted octanol–water partition coefficient (Wildman–Crippen LogP) is 3.23. The third kappa shape index (κ3) is 3.11. The Bertz CT molecular complexity index is 334. The molecule has 1 heterocycles. The number of pyridine rings is 1. The number of carbonyl (C=O) groups is 1. The number of hydrogen-bond donors (Lipinski definition) is 0. The standard InChI is InChI=1S/C12H16FNO/c1-3-9(4-2)7-12(15)10-5-6-14-8-11(10)13/h5-6,8-9H,3-4,7H2,1-2H3. The highest BCUT2D eigenvalue weighted by Crippen LogP contribution is 2.17. The minimum Gasteiger partial charge on any atom is -0.294 e. The lowest BCUT2D eigenvalue weighted by Gasteiger charge is -2.10. The smallest absolute Gasteiger partial charge is 0.166 e. The number of nitrogens with zero attached hydrogens (tertiary/aromatic N) is 1. The van der Waals surface area contributed by atoms with Gasteiger partial charge in [-0.15, -0.1) is 0 Å². The van der Waals surface area contributed by atoms with Crippen molar-refractivity contribution in [2.24, 2.45) is 5.92 Å². The fourth-order valence-corrected chi connectivity index (χ4v) is 1.55. The Labute approximate surface area is 89.5 Å². The van der Waals surface area contributed by atoms with Crippen LogP contribution in [-0.2, 0) is 0 Å². The van der Waals surface area contributed by atoms with Crippen molar-refractivity contribution in [3.05, 3.63) is 29.8 Å². The zero-order chi connectivity index (χ0) is 11.3. The monoisotopic (exact) mass is 209 g/mol. The molecule has 0 unspecified atom stereocenters. The first kappa shape index (κ1) is 11.8. The first-order valence-corrected chi connectivity index (χ1v) is 5.31. The van der Waals surface area contributed by atoms with Crippen LogP contribution in [0.2, 0.25) is 0 Å². The van der Waals surface area contributed by atoms with Crippen molar-refractivity contribution in [3.8, 4) is 0 Å². The molecule has 82 valence electrons. The quantitative estimate of drug-likeness (QED) is 0.697. The van der Waals surface area contributed by atoms with Crippen LogP contribution in [0.1, 0.15) is 43.5 Å². The molecule has 0 aliphatic carbocycles. The summed E-state index contributed by atoms with van der Waals surface area (Å²) in [5, 5.41) is 0. The lowest BCUT2D eigenvalue weighted by molar-refractivity contribution is 0.0954. The molecular weight excluding hydrogens is 193 g/mol. The summed E-state index contributed by atoms with van der Waals surface area (Å²) < 4.78 is 13.2. The molecule has 0 saturated heterocycles. The van der Waals surface area contributed by atoms with Crippen molar-refractivity contribution in [1.82, 2.24) is 4.98 Å². The number of aromatic nitrogens is 1. The molecule has 2 nitrogen and oxygen atoms in total. The van der Waals surface area contributed by atoms with E-state index in [1.165, 1.54) is 12.3 Å². The molecule has 0 bridgehead atoms. The van der Waals surface area contributed by atoms with Crippen LogP contribution in [0.25, 0.3) is 0 Å². The lowest BCUT2D eigenvalue weighted by atomic mass is 9.94. The molecule has 0 radical (unpaired) electrons. The van der Waals surface area contributed by atoms with Crippen LogP contribution in [0, 0.1) is 11.7 Å². The SMILES string of the molecule is CCC(CC)CC(=O)c1ccncc1F. The van der Waals surface area contributed by atoms with Gasteiger partial charge in [-0.3, -0.25) is 9.78 Å². The third-order valence-corrected chi connectivity index (χ3v) is 2.70. The highest BCUT2D eigenvalue weighted by atomic mass is 19.1. The second-order valence-electron chi connectivity index (χ2n) is 3.67. The highest BCUT2D eigenvalue weighted by Gasteiger charge is 2.15. The van der Waals surface area contributed by atoms with Crippen molar-refractivity contribution >= 4 is 5.78 Å². The number of carbonyl (C=O) groups excluding carboxylic acids is 1. The maximum absolute atomic E-state index is 13.2. The molecule has 0 amide bonds. The summed E-state index contributed by atoms with van der Waals surface area (Å²) in [5.41, 5.74) is 0.164. The van der Waals surface area contributed by atoms with Crippen LogP contribution < -0.4 is 0 Å². The summed E-state index contributed by atoms with van der Waals surface area (Å²) in [6.07, 6.45) is 4.86. The van der Waals surface area contributed by atoms with Crippen molar-refractivity contribution in [2.75, 3.05) is 0 Å². The van der Waals surface area contributed by atoms with Crippen LogP contribution >= 0.6 is 0 Å². The Morgan fingerprint density at radius 1 is 1.47 bits per heavy atom. The minimum atomic E-state index is -0.520. The summed E-state index contributed by atoms with van der Waals surface area (Å²) in [6, 6.07) is 1.44. The summed E-state index contributed by atoms with van der Waals surface area (Å²) in [6.45, 7) is 4.09. The molecule has 1 aromatic heterocycles. The number of Topliss-reactive ketones (excluding diaryl/α,β-unsaturated/α-hetero) is 1. The topological polar surface area (TPSA) is 30.0 Å². The highest BCUT2D eigenvalue weighted by molar-refractivity contribution is 5.96. The van der Waals surface area contributed by atoms with E-state index in [-0.39, 0.29) is 11.3 Å². The van der Waals surface area contributed by atoms with Crippen molar-refractivity contribution < 1.29 is 9.18 Å². The zero-order valence-electron chi connectivity index (χ0n) is 9.16. The van der Waals surface area contributed by atoms with Gasteiger partial charge in [0, 0.05) is 12.6 Å². The second-order valence-corrected chi connectivity index (χ2v) is 3.67. The largest absolute Gasteiger partial charge is 0.294 e. The third-order valence-electron chi connectivity index (χ3n) is 2.70. The fraction of sp³-hybridized carbons (Fsp3) is 0.500. The number of ketones is 1. The van der Waals surface area contributed by atoms with E-state index in [0.29, 0.717) is 12.3 Å². The van der Waals surface area contributed by atoms with Gasteiger partial charge in [-0.05, 0) is 12.0 Å². The minimum absolute atomic E-state index is 0.122. The molecule has 0 saturated carbocycles. The van der Waals surface area contributed by atoms with Gasteiger partial charge in [0.25, 0.3) is 0 Å². The van der Waals surface area contributed by atoms with Gasteiger partial charge in [0.1, 0.15) is 0 Å². The van der Waals surface area contributed by atoms with Gasteiger partial charge in [-0.25, -0.2) is 4.39 Å². The Morgan fingerprint density at radius 3 is 2.67 bits per heavy atom. The van der Waals surface area contributed by atoms with Gasteiger partial charge in [0.15, 0.2) is 11.6 Å². The Balaban J connectivity index is 2.73. The van der Waals surface area contributed by atoms with Gasteiger partial charge in [0.2, 0.25) is 0 Å². The van der Waals surface area contributed by atoms with Crippen LogP contribution in [0.4, 0.5) is 4.39 Å². The molecule has 1 aromatic rings. The van der Waals surface area contributed by atoms with Crippen molar-refractivity contribution in [3.63, 3.8) is 0 Å². The molecule has 3 heteroatoms.